The average molecular weight is 325 g/mol. The van der Waals surface area contributed by atoms with Gasteiger partial charge in [-0.2, -0.15) is 0 Å². The summed E-state index contributed by atoms with van der Waals surface area (Å²) in [4.78, 5) is 27.2. The Balaban J connectivity index is 1.96. The molecule has 0 aliphatic carbocycles. The summed E-state index contributed by atoms with van der Waals surface area (Å²) in [5.74, 6) is -0.0892. The SMILES string of the molecule is COCCN(Cc1cccs1)C(=O)N[C@H]1CCCCNC1=O. The molecule has 2 heterocycles. The Morgan fingerprint density at radius 1 is 1.55 bits per heavy atom. The van der Waals surface area contributed by atoms with Crippen molar-refractivity contribution in [2.24, 2.45) is 0 Å². The monoisotopic (exact) mass is 325 g/mol. The van der Waals surface area contributed by atoms with Gasteiger partial charge in [-0.1, -0.05) is 6.07 Å². The van der Waals surface area contributed by atoms with Gasteiger partial charge in [0.1, 0.15) is 6.04 Å². The van der Waals surface area contributed by atoms with Crippen LogP contribution < -0.4 is 10.6 Å². The van der Waals surface area contributed by atoms with E-state index in [2.05, 4.69) is 10.6 Å². The van der Waals surface area contributed by atoms with Crippen molar-refractivity contribution in [2.75, 3.05) is 26.8 Å². The van der Waals surface area contributed by atoms with Gasteiger partial charge in [-0.25, -0.2) is 4.79 Å². The van der Waals surface area contributed by atoms with Crippen LogP contribution in [0, 0.1) is 0 Å². The average Bonchev–Trinajstić information content (AvgIpc) is 2.94. The summed E-state index contributed by atoms with van der Waals surface area (Å²) < 4.78 is 5.08. The van der Waals surface area contributed by atoms with Gasteiger partial charge in [-0.15, -0.1) is 11.3 Å². The van der Waals surface area contributed by atoms with Crippen molar-refractivity contribution in [3.63, 3.8) is 0 Å². The number of carbonyl (C=O) groups excluding carboxylic acids is 2. The molecule has 2 rings (SSSR count). The quantitative estimate of drug-likeness (QED) is 0.834. The van der Waals surface area contributed by atoms with E-state index in [0.29, 0.717) is 32.7 Å². The third kappa shape index (κ3) is 4.99. The molecule has 1 fully saturated rings. The van der Waals surface area contributed by atoms with Crippen LogP contribution in [0.15, 0.2) is 17.5 Å². The van der Waals surface area contributed by atoms with Crippen LogP contribution >= 0.6 is 11.3 Å². The van der Waals surface area contributed by atoms with Gasteiger partial charge in [0.2, 0.25) is 5.91 Å². The first-order valence-electron chi connectivity index (χ1n) is 7.55. The van der Waals surface area contributed by atoms with E-state index in [9.17, 15) is 9.59 Å². The molecule has 0 radical (unpaired) electrons. The minimum Gasteiger partial charge on any atom is -0.383 e. The molecule has 7 heteroatoms. The van der Waals surface area contributed by atoms with E-state index in [0.717, 1.165) is 17.7 Å². The zero-order valence-corrected chi connectivity index (χ0v) is 13.7. The Morgan fingerprint density at radius 3 is 3.14 bits per heavy atom. The maximum absolute atomic E-state index is 12.5. The van der Waals surface area contributed by atoms with Crippen LogP contribution in [0.4, 0.5) is 4.79 Å². The largest absolute Gasteiger partial charge is 0.383 e. The Kier molecular flexibility index (Phi) is 6.67. The van der Waals surface area contributed by atoms with Crippen LogP contribution in [0.25, 0.3) is 0 Å². The fourth-order valence-electron chi connectivity index (χ4n) is 2.36. The summed E-state index contributed by atoms with van der Waals surface area (Å²) in [6.45, 7) is 2.18. The highest BCUT2D eigenvalue weighted by molar-refractivity contribution is 7.09. The molecular formula is C15H23N3O3S. The van der Waals surface area contributed by atoms with Crippen LogP contribution in [0.5, 0.6) is 0 Å². The smallest absolute Gasteiger partial charge is 0.318 e. The van der Waals surface area contributed by atoms with Crippen molar-refractivity contribution < 1.29 is 14.3 Å². The van der Waals surface area contributed by atoms with Crippen LogP contribution in [-0.4, -0.2) is 49.7 Å². The molecule has 1 saturated heterocycles. The second kappa shape index (κ2) is 8.75. The third-order valence-electron chi connectivity index (χ3n) is 3.61. The lowest BCUT2D eigenvalue weighted by molar-refractivity contribution is -0.122. The van der Waals surface area contributed by atoms with Crippen molar-refractivity contribution >= 4 is 23.3 Å². The molecule has 6 nitrogen and oxygen atoms in total. The van der Waals surface area contributed by atoms with E-state index in [-0.39, 0.29) is 11.9 Å². The molecule has 2 N–H and O–H groups in total. The third-order valence-corrected chi connectivity index (χ3v) is 4.47. The van der Waals surface area contributed by atoms with Gasteiger partial charge in [0.25, 0.3) is 0 Å². The van der Waals surface area contributed by atoms with Gasteiger partial charge in [0.15, 0.2) is 0 Å². The number of amides is 3. The number of methoxy groups -OCH3 is 1. The van der Waals surface area contributed by atoms with Gasteiger partial charge < -0.3 is 20.3 Å². The number of urea groups is 1. The van der Waals surface area contributed by atoms with Gasteiger partial charge in [-0.05, 0) is 30.7 Å². The molecule has 0 aromatic carbocycles. The number of thiophene rings is 1. The van der Waals surface area contributed by atoms with Crippen LogP contribution in [-0.2, 0) is 16.1 Å². The summed E-state index contributed by atoms with van der Waals surface area (Å²) in [6.07, 6.45) is 2.59. The van der Waals surface area contributed by atoms with Gasteiger partial charge >= 0.3 is 6.03 Å². The first kappa shape index (κ1) is 16.8. The van der Waals surface area contributed by atoms with Crippen molar-refractivity contribution in [1.82, 2.24) is 15.5 Å². The molecule has 0 spiro atoms. The number of hydrogen-bond acceptors (Lipinski definition) is 4. The van der Waals surface area contributed by atoms with Crippen LogP contribution in [0.3, 0.4) is 0 Å². The summed E-state index contributed by atoms with van der Waals surface area (Å²) in [7, 11) is 1.61. The van der Waals surface area contributed by atoms with E-state index < -0.39 is 6.04 Å². The molecule has 1 aromatic heterocycles. The van der Waals surface area contributed by atoms with E-state index in [4.69, 9.17) is 4.74 Å². The molecule has 1 atom stereocenters. The molecule has 3 amide bonds. The summed E-state index contributed by atoms with van der Waals surface area (Å²) in [5.41, 5.74) is 0. The zero-order valence-electron chi connectivity index (χ0n) is 12.8. The van der Waals surface area contributed by atoms with Crippen molar-refractivity contribution in [2.45, 2.75) is 31.8 Å². The van der Waals surface area contributed by atoms with Crippen molar-refractivity contribution in [3.05, 3.63) is 22.4 Å². The Hall–Kier alpha value is -1.60. The van der Waals surface area contributed by atoms with Crippen LogP contribution in [0.1, 0.15) is 24.1 Å². The first-order valence-corrected chi connectivity index (χ1v) is 8.43. The molecule has 1 aromatic rings. The Labute approximate surface area is 134 Å². The summed E-state index contributed by atoms with van der Waals surface area (Å²) >= 11 is 1.61. The van der Waals surface area contributed by atoms with Gasteiger partial charge in [0, 0.05) is 25.1 Å². The second-order valence-electron chi connectivity index (χ2n) is 5.28. The predicted molar refractivity (Wildman–Crippen MR) is 85.8 cm³/mol. The molecule has 1 aliphatic heterocycles. The van der Waals surface area contributed by atoms with E-state index in [1.165, 1.54) is 0 Å². The number of ether oxygens (including phenoxy) is 1. The fraction of sp³-hybridized carbons (Fsp3) is 0.600. The first-order chi connectivity index (χ1) is 10.7. The molecule has 1 aliphatic rings. The molecule has 22 heavy (non-hydrogen) atoms. The highest BCUT2D eigenvalue weighted by atomic mass is 32.1. The summed E-state index contributed by atoms with van der Waals surface area (Å²) in [6, 6.07) is 3.30. The highest BCUT2D eigenvalue weighted by Crippen LogP contribution is 2.13. The zero-order chi connectivity index (χ0) is 15.8. The lowest BCUT2D eigenvalue weighted by atomic mass is 10.1. The standard InChI is InChI=1S/C15H23N3O3S/c1-21-9-8-18(11-12-5-4-10-22-12)15(20)17-13-6-2-3-7-16-14(13)19/h4-5,10,13H,2-3,6-9,11H2,1H3,(H,16,19)(H,17,20)/t13-/m0/s1. The van der Waals surface area contributed by atoms with Crippen molar-refractivity contribution in [3.8, 4) is 0 Å². The minimum atomic E-state index is -0.441. The Morgan fingerprint density at radius 2 is 2.41 bits per heavy atom. The number of hydrogen-bond donors (Lipinski definition) is 2. The minimum absolute atomic E-state index is 0.0892. The normalized spacial score (nSPS) is 18.4. The van der Waals surface area contributed by atoms with Crippen molar-refractivity contribution in [1.29, 1.82) is 0 Å². The molecule has 122 valence electrons. The van der Waals surface area contributed by atoms with E-state index in [1.807, 2.05) is 17.5 Å². The molecular weight excluding hydrogens is 302 g/mol. The number of nitrogens with one attached hydrogen (secondary N) is 2. The molecule has 0 saturated carbocycles. The fourth-order valence-corrected chi connectivity index (χ4v) is 3.08. The lowest BCUT2D eigenvalue weighted by Gasteiger charge is -2.25. The lowest BCUT2D eigenvalue weighted by Crippen LogP contribution is -2.50. The maximum atomic E-state index is 12.5. The van der Waals surface area contributed by atoms with E-state index in [1.54, 1.807) is 23.3 Å². The van der Waals surface area contributed by atoms with Gasteiger partial charge in [-0.3, -0.25) is 4.79 Å². The summed E-state index contributed by atoms with van der Waals surface area (Å²) in [5, 5.41) is 7.67. The highest BCUT2D eigenvalue weighted by Gasteiger charge is 2.24. The van der Waals surface area contributed by atoms with Crippen LogP contribution in [0.2, 0.25) is 0 Å². The maximum Gasteiger partial charge on any atom is 0.318 e. The number of carbonyl (C=O) groups is 2. The number of rotatable bonds is 6. The predicted octanol–water partition coefficient (Wildman–Crippen LogP) is 1.57. The van der Waals surface area contributed by atoms with Gasteiger partial charge in [0.05, 0.1) is 13.2 Å². The molecule has 0 unspecified atom stereocenters. The Bertz CT molecular complexity index is 478. The molecule has 0 bridgehead atoms. The topological polar surface area (TPSA) is 70.7 Å². The van der Waals surface area contributed by atoms with E-state index >= 15 is 0 Å². The number of nitrogens with zero attached hydrogens (tertiary/aromatic N) is 1. The second-order valence-corrected chi connectivity index (χ2v) is 6.31.